The molecule has 3 heterocycles. The van der Waals surface area contributed by atoms with E-state index in [1.54, 1.807) is 36.2 Å². The monoisotopic (exact) mass is 490 g/mol. The van der Waals surface area contributed by atoms with Gasteiger partial charge < -0.3 is 15.1 Å². The molecule has 1 fully saturated rings. The predicted octanol–water partition coefficient (Wildman–Crippen LogP) is 4.10. The van der Waals surface area contributed by atoms with Gasteiger partial charge in [-0.3, -0.25) is 14.4 Å². The first-order chi connectivity index (χ1) is 15.4. The van der Waals surface area contributed by atoms with E-state index in [9.17, 15) is 14.4 Å². The Balaban J connectivity index is 1.28. The molecule has 2 aliphatic heterocycles. The van der Waals surface area contributed by atoms with Crippen LogP contribution in [0.4, 0.5) is 5.69 Å². The number of likely N-dealkylation sites (tertiary alicyclic amines) is 1. The lowest BCUT2D eigenvalue weighted by atomic mass is 10.1. The van der Waals surface area contributed by atoms with Crippen molar-refractivity contribution in [2.24, 2.45) is 4.99 Å². The Morgan fingerprint density at radius 3 is 2.56 bits per heavy atom. The van der Waals surface area contributed by atoms with Crippen LogP contribution >= 0.6 is 34.7 Å². The molecule has 1 unspecified atom stereocenters. The van der Waals surface area contributed by atoms with Crippen molar-refractivity contribution in [3.05, 3.63) is 51.2 Å². The van der Waals surface area contributed by atoms with Crippen LogP contribution in [0.5, 0.6) is 0 Å². The van der Waals surface area contributed by atoms with Crippen LogP contribution in [0.3, 0.4) is 0 Å². The van der Waals surface area contributed by atoms with E-state index in [2.05, 4.69) is 15.2 Å². The quantitative estimate of drug-likeness (QED) is 0.659. The van der Waals surface area contributed by atoms with Gasteiger partial charge in [0.05, 0.1) is 10.9 Å². The zero-order valence-corrected chi connectivity index (χ0v) is 19.9. The molecule has 0 aliphatic carbocycles. The molecule has 32 heavy (non-hydrogen) atoms. The molecule has 0 bridgehead atoms. The zero-order valence-electron chi connectivity index (χ0n) is 17.5. The van der Waals surface area contributed by atoms with Crippen molar-refractivity contribution < 1.29 is 14.4 Å². The highest BCUT2D eigenvalue weighted by Gasteiger charge is 2.33. The van der Waals surface area contributed by atoms with Gasteiger partial charge in [-0.15, -0.1) is 11.3 Å². The summed E-state index contributed by atoms with van der Waals surface area (Å²) in [7, 11) is 1.74. The highest BCUT2D eigenvalue weighted by atomic mass is 35.5. The van der Waals surface area contributed by atoms with Crippen LogP contribution in [0.1, 0.15) is 34.5 Å². The van der Waals surface area contributed by atoms with Crippen molar-refractivity contribution in [1.82, 2.24) is 9.80 Å². The third kappa shape index (κ3) is 5.51. The molecule has 7 nitrogen and oxygen atoms in total. The molecule has 10 heteroatoms. The molecule has 0 radical (unpaired) electrons. The number of anilines is 1. The van der Waals surface area contributed by atoms with Gasteiger partial charge in [-0.2, -0.15) is 4.99 Å². The number of aliphatic imine (C=N–C) groups is 1. The van der Waals surface area contributed by atoms with Crippen molar-refractivity contribution in [1.29, 1.82) is 0 Å². The third-order valence-electron chi connectivity index (χ3n) is 5.26. The highest BCUT2D eigenvalue weighted by Crippen LogP contribution is 2.29. The number of thioether (sulfide) groups is 1. The number of benzene rings is 1. The van der Waals surface area contributed by atoms with Gasteiger partial charge in [-0.1, -0.05) is 23.4 Å². The predicted molar refractivity (Wildman–Crippen MR) is 129 cm³/mol. The van der Waals surface area contributed by atoms with Crippen molar-refractivity contribution in [3.8, 4) is 0 Å². The largest absolute Gasteiger partial charge is 0.351 e. The SMILES string of the molecule is CN(Cc1ccc(Cl)s1)C(=O)c1ccc(NC(=O)CC2SC(N3CCCC3)=NC2=O)cc1. The van der Waals surface area contributed by atoms with E-state index in [-0.39, 0.29) is 24.1 Å². The first-order valence-electron chi connectivity index (χ1n) is 10.3. The molecule has 1 atom stereocenters. The maximum absolute atomic E-state index is 12.6. The molecule has 1 aromatic heterocycles. The second-order valence-corrected chi connectivity index (χ2v) is 10.7. The third-order valence-corrected chi connectivity index (χ3v) is 7.69. The minimum absolute atomic E-state index is 0.0666. The summed E-state index contributed by atoms with van der Waals surface area (Å²) in [6.45, 7) is 2.31. The number of amides is 3. The van der Waals surface area contributed by atoms with E-state index in [1.165, 1.54) is 23.1 Å². The summed E-state index contributed by atoms with van der Waals surface area (Å²) in [4.78, 5) is 46.1. The Bertz CT molecular complexity index is 1050. The average molecular weight is 491 g/mol. The maximum atomic E-state index is 12.6. The summed E-state index contributed by atoms with van der Waals surface area (Å²) in [5, 5.41) is 3.06. The van der Waals surface area contributed by atoms with Gasteiger partial charge in [0, 0.05) is 42.7 Å². The molecule has 3 amide bonds. The van der Waals surface area contributed by atoms with Gasteiger partial charge in [-0.25, -0.2) is 0 Å². The minimum atomic E-state index is -0.481. The molecule has 0 saturated carbocycles. The summed E-state index contributed by atoms with van der Waals surface area (Å²) in [6, 6.07) is 10.5. The fraction of sp³-hybridized carbons (Fsp3) is 0.364. The number of halogens is 1. The number of rotatable bonds is 6. The van der Waals surface area contributed by atoms with E-state index in [1.807, 2.05) is 12.1 Å². The van der Waals surface area contributed by atoms with E-state index < -0.39 is 5.25 Å². The summed E-state index contributed by atoms with van der Waals surface area (Å²) in [5.41, 5.74) is 1.11. The van der Waals surface area contributed by atoms with Gasteiger partial charge in [0.1, 0.15) is 5.25 Å². The Hall–Kier alpha value is -2.36. The molecule has 2 aliphatic rings. The second-order valence-electron chi connectivity index (χ2n) is 7.73. The Morgan fingerprint density at radius 1 is 1.19 bits per heavy atom. The average Bonchev–Trinajstić information content (AvgIpc) is 3.51. The van der Waals surface area contributed by atoms with Crippen molar-refractivity contribution in [3.63, 3.8) is 0 Å². The fourth-order valence-corrected chi connectivity index (χ4v) is 5.85. The van der Waals surface area contributed by atoms with Crippen molar-refractivity contribution in [2.75, 3.05) is 25.5 Å². The molecular weight excluding hydrogens is 468 g/mol. The number of thiophene rings is 1. The van der Waals surface area contributed by atoms with Crippen LogP contribution in [0.2, 0.25) is 4.34 Å². The highest BCUT2D eigenvalue weighted by molar-refractivity contribution is 8.15. The molecule has 1 N–H and O–H groups in total. The summed E-state index contributed by atoms with van der Waals surface area (Å²) in [6.07, 6.45) is 2.28. The molecule has 1 saturated heterocycles. The van der Waals surface area contributed by atoms with E-state index in [0.717, 1.165) is 36.0 Å². The number of nitrogens with zero attached hydrogens (tertiary/aromatic N) is 3. The van der Waals surface area contributed by atoms with Crippen LogP contribution in [0.15, 0.2) is 41.4 Å². The normalized spacial score (nSPS) is 18.1. The van der Waals surface area contributed by atoms with E-state index in [0.29, 0.717) is 22.1 Å². The van der Waals surface area contributed by atoms with Gasteiger partial charge in [0.15, 0.2) is 5.17 Å². The number of hydrogen-bond acceptors (Lipinski definition) is 6. The van der Waals surface area contributed by atoms with Crippen LogP contribution < -0.4 is 5.32 Å². The molecule has 1 aromatic carbocycles. The van der Waals surface area contributed by atoms with Gasteiger partial charge in [0.2, 0.25) is 5.91 Å². The zero-order chi connectivity index (χ0) is 22.7. The molecule has 4 rings (SSSR count). The van der Waals surface area contributed by atoms with Crippen molar-refractivity contribution >= 4 is 63.3 Å². The Labute approximate surface area is 199 Å². The minimum Gasteiger partial charge on any atom is -0.351 e. The van der Waals surface area contributed by atoms with Crippen LogP contribution in [0.25, 0.3) is 0 Å². The van der Waals surface area contributed by atoms with Gasteiger partial charge in [0.25, 0.3) is 11.8 Å². The first kappa shape index (κ1) is 22.8. The number of amidine groups is 1. The molecule has 168 valence electrons. The van der Waals surface area contributed by atoms with Crippen LogP contribution in [0, 0.1) is 0 Å². The summed E-state index contributed by atoms with van der Waals surface area (Å²) < 4.78 is 0.692. The van der Waals surface area contributed by atoms with Gasteiger partial charge >= 0.3 is 0 Å². The Kier molecular flexibility index (Phi) is 7.17. The number of nitrogens with one attached hydrogen (secondary N) is 1. The Morgan fingerprint density at radius 2 is 1.91 bits per heavy atom. The summed E-state index contributed by atoms with van der Waals surface area (Å²) >= 11 is 8.77. The second kappa shape index (κ2) is 10.1. The number of carbonyl (C=O) groups is 3. The van der Waals surface area contributed by atoms with Crippen molar-refractivity contribution in [2.45, 2.75) is 31.1 Å². The standard InChI is InChI=1S/C22H23ClN4O3S2/c1-26(13-16-8-9-18(23)31-16)21(30)14-4-6-15(7-5-14)24-19(28)12-17-20(29)25-22(32-17)27-10-2-3-11-27/h4-9,17H,2-3,10-13H2,1H3,(H,24,28). The maximum Gasteiger partial charge on any atom is 0.262 e. The van der Waals surface area contributed by atoms with E-state index >= 15 is 0 Å². The fourth-order valence-electron chi connectivity index (χ4n) is 3.59. The topological polar surface area (TPSA) is 82.1 Å². The summed E-state index contributed by atoms with van der Waals surface area (Å²) in [5.74, 6) is -0.616. The van der Waals surface area contributed by atoms with E-state index in [4.69, 9.17) is 11.6 Å². The molecule has 2 aromatic rings. The lowest BCUT2D eigenvalue weighted by molar-refractivity contribution is -0.121. The number of hydrogen-bond donors (Lipinski definition) is 1. The van der Waals surface area contributed by atoms with Crippen LogP contribution in [-0.2, 0) is 16.1 Å². The molecular formula is C22H23ClN4O3S2. The lowest BCUT2D eigenvalue weighted by Crippen LogP contribution is -2.26. The van der Waals surface area contributed by atoms with Gasteiger partial charge in [-0.05, 0) is 49.2 Å². The molecule has 0 spiro atoms. The lowest BCUT2D eigenvalue weighted by Gasteiger charge is -2.17. The smallest absolute Gasteiger partial charge is 0.262 e. The first-order valence-corrected chi connectivity index (χ1v) is 12.4. The van der Waals surface area contributed by atoms with Crippen LogP contribution in [-0.4, -0.2) is 58.1 Å². The number of carbonyl (C=O) groups excluding carboxylic acids is 3.